The van der Waals surface area contributed by atoms with E-state index in [-0.39, 0.29) is 25.4 Å². The molecule has 0 aromatic heterocycles. The van der Waals surface area contributed by atoms with Gasteiger partial charge in [0.15, 0.2) is 0 Å². The molecule has 1 heterocycles. The normalized spacial score (nSPS) is 24.5. The average molecular weight is 361 g/mol. The highest BCUT2D eigenvalue weighted by molar-refractivity contribution is 5.89. The zero-order valence-corrected chi connectivity index (χ0v) is 14.4. The lowest BCUT2D eigenvalue weighted by molar-refractivity contribution is -0.124. The number of ether oxygens (including phenoxy) is 1. The number of aryl methyl sites for hydroxylation is 1. The minimum atomic E-state index is -1.22. The number of terminal acetylenes is 1. The van der Waals surface area contributed by atoms with Gasteiger partial charge in [0.2, 0.25) is 5.91 Å². The van der Waals surface area contributed by atoms with Gasteiger partial charge in [0.25, 0.3) is 0 Å². The largest absolute Gasteiger partial charge is 0.388 e. The van der Waals surface area contributed by atoms with Gasteiger partial charge in [-0.25, -0.2) is 4.79 Å². The van der Waals surface area contributed by atoms with Crippen LogP contribution < -0.4 is 16.0 Å². The molecule has 0 radical (unpaired) electrons. The number of nitrogens with one attached hydrogen (secondary N) is 3. The molecule has 140 valence electrons. The maximum absolute atomic E-state index is 11.9. The molecule has 1 aliphatic heterocycles. The van der Waals surface area contributed by atoms with Crippen LogP contribution in [0.25, 0.3) is 0 Å². The predicted molar refractivity (Wildman–Crippen MR) is 95.3 cm³/mol. The van der Waals surface area contributed by atoms with E-state index in [1.807, 2.05) is 19.1 Å². The Labute approximate surface area is 151 Å². The molecule has 26 heavy (non-hydrogen) atoms. The van der Waals surface area contributed by atoms with E-state index < -0.39 is 30.4 Å². The van der Waals surface area contributed by atoms with E-state index in [9.17, 15) is 19.8 Å². The Balaban J connectivity index is 1.80. The average Bonchev–Trinajstić information content (AvgIpc) is 2.88. The summed E-state index contributed by atoms with van der Waals surface area (Å²) in [7, 11) is 0. The topological polar surface area (TPSA) is 120 Å². The molecule has 3 amide bonds. The summed E-state index contributed by atoms with van der Waals surface area (Å²) in [4.78, 5) is 23.6. The van der Waals surface area contributed by atoms with Gasteiger partial charge in [0.05, 0.1) is 19.1 Å². The van der Waals surface area contributed by atoms with Crippen LogP contribution >= 0.6 is 0 Å². The first-order valence-electron chi connectivity index (χ1n) is 8.24. The minimum Gasteiger partial charge on any atom is -0.388 e. The van der Waals surface area contributed by atoms with Crippen molar-refractivity contribution in [2.24, 2.45) is 0 Å². The Bertz CT molecular complexity index is 670. The number of carbonyl (C=O) groups is 2. The Morgan fingerprint density at radius 2 is 1.81 bits per heavy atom. The third kappa shape index (κ3) is 5.46. The quantitative estimate of drug-likeness (QED) is 0.448. The van der Waals surface area contributed by atoms with Crippen molar-refractivity contribution in [2.75, 3.05) is 18.4 Å². The van der Waals surface area contributed by atoms with Gasteiger partial charge < -0.3 is 30.9 Å². The van der Waals surface area contributed by atoms with Crippen LogP contribution in [0.3, 0.4) is 0 Å². The van der Waals surface area contributed by atoms with Gasteiger partial charge in [0, 0.05) is 12.2 Å². The Kier molecular flexibility index (Phi) is 6.97. The fourth-order valence-corrected chi connectivity index (χ4v) is 2.57. The smallest absolute Gasteiger partial charge is 0.319 e. The molecule has 0 saturated carbocycles. The first-order chi connectivity index (χ1) is 12.4. The molecule has 1 aliphatic rings. The molecular formula is C18H23N3O5. The Morgan fingerprint density at radius 1 is 1.15 bits per heavy atom. The second-order valence-electron chi connectivity index (χ2n) is 6.08. The van der Waals surface area contributed by atoms with Crippen molar-refractivity contribution in [3.8, 4) is 12.3 Å². The number of carbonyl (C=O) groups excluding carboxylic acids is 2. The van der Waals surface area contributed by atoms with E-state index in [1.165, 1.54) is 0 Å². The number of benzene rings is 1. The second-order valence-corrected chi connectivity index (χ2v) is 6.08. The monoisotopic (exact) mass is 361 g/mol. The molecule has 1 fully saturated rings. The highest BCUT2D eigenvalue weighted by atomic mass is 16.5. The lowest BCUT2D eigenvalue weighted by Crippen LogP contribution is -2.41. The summed E-state index contributed by atoms with van der Waals surface area (Å²) in [6.07, 6.45) is 0.804. The van der Waals surface area contributed by atoms with Crippen molar-refractivity contribution in [3.63, 3.8) is 0 Å². The SMILES string of the molecule is C#CCNC(=O)CC1OC(CNC(=O)Nc2ccc(C)cc2)C(O)C1O. The number of urea groups is 1. The van der Waals surface area contributed by atoms with Gasteiger partial charge in [0.1, 0.15) is 18.3 Å². The molecule has 1 saturated heterocycles. The van der Waals surface area contributed by atoms with Gasteiger partial charge in [-0.1, -0.05) is 23.6 Å². The molecule has 4 atom stereocenters. The van der Waals surface area contributed by atoms with Gasteiger partial charge in [-0.15, -0.1) is 6.42 Å². The number of aliphatic hydroxyl groups excluding tert-OH is 2. The third-order valence-electron chi connectivity index (χ3n) is 4.01. The minimum absolute atomic E-state index is 0.0155. The molecule has 0 aliphatic carbocycles. The van der Waals surface area contributed by atoms with Crippen molar-refractivity contribution in [3.05, 3.63) is 29.8 Å². The van der Waals surface area contributed by atoms with E-state index in [0.717, 1.165) is 5.56 Å². The van der Waals surface area contributed by atoms with Gasteiger partial charge in [-0.3, -0.25) is 4.79 Å². The zero-order valence-electron chi connectivity index (χ0n) is 14.4. The fraction of sp³-hybridized carbons (Fsp3) is 0.444. The van der Waals surface area contributed by atoms with Crippen molar-refractivity contribution in [1.29, 1.82) is 0 Å². The summed E-state index contributed by atoms with van der Waals surface area (Å²) in [6.45, 7) is 2.00. The molecule has 5 N–H and O–H groups in total. The van der Waals surface area contributed by atoms with Crippen LogP contribution in [-0.4, -0.2) is 59.7 Å². The molecule has 1 aromatic carbocycles. The maximum Gasteiger partial charge on any atom is 0.319 e. The van der Waals surface area contributed by atoms with Crippen LogP contribution in [0.15, 0.2) is 24.3 Å². The second kappa shape index (κ2) is 9.20. The summed E-state index contributed by atoms with van der Waals surface area (Å²) in [5.41, 5.74) is 1.70. The number of hydrogen-bond donors (Lipinski definition) is 5. The van der Waals surface area contributed by atoms with Crippen LogP contribution in [0.4, 0.5) is 10.5 Å². The maximum atomic E-state index is 11.9. The summed E-state index contributed by atoms with van der Waals surface area (Å²) in [5.74, 6) is 1.88. The first-order valence-corrected chi connectivity index (χ1v) is 8.24. The molecule has 1 aromatic rings. The third-order valence-corrected chi connectivity index (χ3v) is 4.01. The van der Waals surface area contributed by atoms with Crippen LogP contribution in [0.2, 0.25) is 0 Å². The highest BCUT2D eigenvalue weighted by Gasteiger charge is 2.43. The predicted octanol–water partition coefficient (Wildman–Crippen LogP) is -0.255. The van der Waals surface area contributed by atoms with Gasteiger partial charge in [-0.05, 0) is 19.1 Å². The molecule has 4 unspecified atom stereocenters. The van der Waals surface area contributed by atoms with Crippen molar-refractivity contribution in [1.82, 2.24) is 10.6 Å². The number of hydrogen-bond acceptors (Lipinski definition) is 5. The fourth-order valence-electron chi connectivity index (χ4n) is 2.57. The molecule has 8 nitrogen and oxygen atoms in total. The first kappa shape index (κ1) is 19.7. The van der Waals surface area contributed by atoms with Crippen LogP contribution in [0, 0.1) is 19.3 Å². The van der Waals surface area contributed by atoms with E-state index >= 15 is 0 Å². The Morgan fingerprint density at radius 3 is 2.46 bits per heavy atom. The number of anilines is 1. The number of amides is 3. The van der Waals surface area contributed by atoms with Gasteiger partial charge >= 0.3 is 6.03 Å². The number of rotatable bonds is 6. The highest BCUT2D eigenvalue weighted by Crippen LogP contribution is 2.23. The zero-order chi connectivity index (χ0) is 19.1. The van der Waals surface area contributed by atoms with E-state index in [0.29, 0.717) is 5.69 Å². The van der Waals surface area contributed by atoms with Crippen molar-refractivity contribution in [2.45, 2.75) is 37.8 Å². The lowest BCUT2D eigenvalue weighted by atomic mass is 10.1. The molecule has 0 spiro atoms. The molecule has 0 bridgehead atoms. The standard InChI is InChI=1S/C18H23N3O5/c1-3-8-19-15(22)9-13-16(23)17(24)14(26-13)10-20-18(25)21-12-6-4-11(2)5-7-12/h1,4-7,13-14,16-17,23-24H,8-10H2,2H3,(H,19,22)(H2,20,21,25). The van der Waals surface area contributed by atoms with Gasteiger partial charge in [-0.2, -0.15) is 0 Å². The van der Waals surface area contributed by atoms with E-state index in [1.54, 1.807) is 12.1 Å². The van der Waals surface area contributed by atoms with E-state index in [2.05, 4.69) is 21.9 Å². The van der Waals surface area contributed by atoms with Crippen LogP contribution in [-0.2, 0) is 9.53 Å². The summed E-state index contributed by atoms with van der Waals surface area (Å²) in [6, 6.07) is 6.81. The lowest BCUT2D eigenvalue weighted by Gasteiger charge is -2.15. The van der Waals surface area contributed by atoms with Crippen molar-refractivity contribution >= 4 is 17.6 Å². The molecule has 8 heteroatoms. The molecule has 2 rings (SSSR count). The van der Waals surface area contributed by atoms with E-state index in [4.69, 9.17) is 11.2 Å². The van der Waals surface area contributed by atoms with Crippen molar-refractivity contribution < 1.29 is 24.5 Å². The molecular weight excluding hydrogens is 338 g/mol. The Hall–Kier alpha value is -2.60. The summed E-state index contributed by atoms with van der Waals surface area (Å²) in [5, 5.41) is 27.7. The summed E-state index contributed by atoms with van der Waals surface area (Å²) < 4.78 is 5.50. The number of aliphatic hydroxyl groups is 2. The van der Waals surface area contributed by atoms with Crippen LogP contribution in [0.5, 0.6) is 0 Å². The van der Waals surface area contributed by atoms with Crippen LogP contribution in [0.1, 0.15) is 12.0 Å². The summed E-state index contributed by atoms with van der Waals surface area (Å²) >= 11 is 0.